The lowest BCUT2D eigenvalue weighted by atomic mass is 10.3. The van der Waals surface area contributed by atoms with E-state index in [1.54, 1.807) is 30.7 Å². The van der Waals surface area contributed by atoms with Crippen LogP contribution >= 0.6 is 0 Å². The molecule has 0 aliphatic heterocycles. The molecule has 0 bridgehead atoms. The van der Waals surface area contributed by atoms with Crippen molar-refractivity contribution in [1.82, 2.24) is 9.38 Å². The molecule has 2 atom stereocenters. The molecule has 7 heteroatoms. The summed E-state index contributed by atoms with van der Waals surface area (Å²) in [6.07, 6.45) is 4.02. The molecule has 0 radical (unpaired) electrons. The van der Waals surface area contributed by atoms with Crippen molar-refractivity contribution in [3.05, 3.63) is 30.1 Å². The van der Waals surface area contributed by atoms with Gasteiger partial charge in [-0.3, -0.25) is 8.61 Å². The van der Waals surface area contributed by atoms with Gasteiger partial charge in [-0.05, 0) is 18.6 Å². The molecule has 0 saturated heterocycles. The van der Waals surface area contributed by atoms with Crippen LogP contribution < -0.4 is 5.32 Å². The number of anilines is 1. The fourth-order valence-electron chi connectivity index (χ4n) is 1.88. The molecule has 0 aromatic carbocycles. The van der Waals surface area contributed by atoms with Crippen molar-refractivity contribution < 1.29 is 14.1 Å². The van der Waals surface area contributed by atoms with Gasteiger partial charge in [0.1, 0.15) is 5.65 Å². The van der Waals surface area contributed by atoms with E-state index in [0.29, 0.717) is 24.4 Å². The van der Waals surface area contributed by atoms with E-state index in [2.05, 4.69) is 10.3 Å². The Morgan fingerprint density at radius 1 is 1.55 bits per heavy atom. The zero-order chi connectivity index (χ0) is 14.7. The molecule has 0 aliphatic rings. The van der Waals surface area contributed by atoms with Gasteiger partial charge in [0.05, 0.1) is 0 Å². The van der Waals surface area contributed by atoms with Crippen LogP contribution in [0.15, 0.2) is 24.4 Å². The number of imidazole rings is 1. The number of fused-ring (bicyclic) bond motifs is 1. The second-order valence-electron chi connectivity index (χ2n) is 4.57. The zero-order valence-corrected chi connectivity index (χ0v) is 12.2. The number of hydrogen-bond donors (Lipinski definition) is 2. The third-order valence-corrected chi connectivity index (χ3v) is 4.51. The van der Waals surface area contributed by atoms with Crippen LogP contribution in [0, 0.1) is 0 Å². The van der Waals surface area contributed by atoms with Crippen molar-refractivity contribution in [3.8, 4) is 0 Å². The number of nitrogens with zero attached hydrogens (tertiary/aromatic N) is 2. The Balaban J connectivity index is 2.19. The summed E-state index contributed by atoms with van der Waals surface area (Å²) >= 11 is 0. The van der Waals surface area contributed by atoms with Crippen LogP contribution in [0.2, 0.25) is 0 Å². The summed E-state index contributed by atoms with van der Waals surface area (Å²) in [6.45, 7) is 2.43. The highest BCUT2D eigenvalue weighted by Crippen LogP contribution is 2.17. The second-order valence-corrected chi connectivity index (χ2v) is 6.37. The van der Waals surface area contributed by atoms with Gasteiger partial charge in [-0.15, -0.1) is 0 Å². The SMILES string of the molecule is CC(CCNc1nc2ccccn2c1C(=O)O)S(C)=O. The largest absolute Gasteiger partial charge is 0.476 e. The second kappa shape index (κ2) is 6.04. The molecular weight excluding hydrogens is 278 g/mol. The molecule has 0 amide bonds. The Morgan fingerprint density at radius 3 is 2.95 bits per heavy atom. The maximum Gasteiger partial charge on any atom is 0.356 e. The number of aromatic carboxylic acids is 1. The number of carbonyl (C=O) groups is 1. The smallest absolute Gasteiger partial charge is 0.356 e. The normalized spacial score (nSPS) is 14.1. The lowest BCUT2D eigenvalue weighted by Crippen LogP contribution is -2.16. The fraction of sp³-hybridized carbons (Fsp3) is 0.385. The van der Waals surface area contributed by atoms with Gasteiger partial charge >= 0.3 is 5.97 Å². The Kier molecular flexibility index (Phi) is 4.39. The van der Waals surface area contributed by atoms with Crippen LogP contribution in [-0.2, 0) is 10.8 Å². The highest BCUT2D eigenvalue weighted by Gasteiger charge is 2.18. The van der Waals surface area contributed by atoms with Gasteiger partial charge in [0.2, 0.25) is 0 Å². The van der Waals surface area contributed by atoms with Crippen molar-refractivity contribution in [2.45, 2.75) is 18.6 Å². The molecule has 2 heterocycles. The maximum atomic E-state index is 11.4. The summed E-state index contributed by atoms with van der Waals surface area (Å²) in [5.41, 5.74) is 0.699. The number of carboxylic acid groups (broad SMARTS) is 1. The summed E-state index contributed by atoms with van der Waals surface area (Å²) in [4.78, 5) is 15.6. The summed E-state index contributed by atoms with van der Waals surface area (Å²) in [5, 5.41) is 12.4. The highest BCUT2D eigenvalue weighted by molar-refractivity contribution is 7.84. The van der Waals surface area contributed by atoms with Crippen LogP contribution in [0.3, 0.4) is 0 Å². The van der Waals surface area contributed by atoms with E-state index in [1.165, 1.54) is 4.40 Å². The Morgan fingerprint density at radius 2 is 2.30 bits per heavy atom. The molecule has 2 unspecified atom stereocenters. The molecule has 2 aromatic heterocycles. The summed E-state index contributed by atoms with van der Waals surface area (Å²) in [6, 6.07) is 5.31. The van der Waals surface area contributed by atoms with E-state index < -0.39 is 16.8 Å². The molecule has 6 nitrogen and oxygen atoms in total. The Bertz CT molecular complexity index is 653. The number of aromatic nitrogens is 2. The van der Waals surface area contributed by atoms with Gasteiger partial charge in [0.25, 0.3) is 0 Å². The van der Waals surface area contributed by atoms with Crippen LogP contribution in [0.5, 0.6) is 0 Å². The van der Waals surface area contributed by atoms with Crippen molar-refractivity contribution in [3.63, 3.8) is 0 Å². The minimum Gasteiger partial charge on any atom is -0.476 e. The molecule has 2 aromatic rings. The monoisotopic (exact) mass is 295 g/mol. The summed E-state index contributed by atoms with van der Waals surface area (Å²) < 4.78 is 12.8. The van der Waals surface area contributed by atoms with E-state index in [4.69, 9.17) is 0 Å². The van der Waals surface area contributed by atoms with Gasteiger partial charge in [0, 0.05) is 35.0 Å². The van der Waals surface area contributed by atoms with E-state index in [0.717, 1.165) is 0 Å². The van der Waals surface area contributed by atoms with Crippen LogP contribution in [-0.4, -0.2) is 42.7 Å². The Hall–Kier alpha value is -1.89. The van der Waals surface area contributed by atoms with Gasteiger partial charge in [-0.2, -0.15) is 0 Å². The lowest BCUT2D eigenvalue weighted by molar-refractivity contribution is 0.0690. The molecule has 108 valence electrons. The van der Waals surface area contributed by atoms with Crippen molar-refractivity contribution in [2.75, 3.05) is 18.1 Å². The summed E-state index contributed by atoms with van der Waals surface area (Å²) in [5.74, 6) is -0.684. The highest BCUT2D eigenvalue weighted by atomic mass is 32.2. The number of rotatable bonds is 6. The first-order chi connectivity index (χ1) is 9.50. The van der Waals surface area contributed by atoms with E-state index in [9.17, 15) is 14.1 Å². The molecule has 0 fully saturated rings. The van der Waals surface area contributed by atoms with E-state index >= 15 is 0 Å². The average molecular weight is 295 g/mol. The first-order valence-corrected chi connectivity index (χ1v) is 7.89. The van der Waals surface area contributed by atoms with Crippen molar-refractivity contribution in [1.29, 1.82) is 0 Å². The number of hydrogen-bond acceptors (Lipinski definition) is 4. The first kappa shape index (κ1) is 14.5. The van der Waals surface area contributed by atoms with E-state index in [1.807, 2.05) is 6.92 Å². The summed E-state index contributed by atoms with van der Waals surface area (Å²) in [7, 11) is -0.879. The number of carboxylic acids is 1. The number of nitrogens with one attached hydrogen (secondary N) is 1. The van der Waals surface area contributed by atoms with E-state index in [-0.39, 0.29) is 10.9 Å². The quantitative estimate of drug-likeness (QED) is 0.845. The standard InChI is InChI=1S/C13H17N3O3S/c1-9(20(2)19)6-7-14-12-11(13(17)18)16-8-4-3-5-10(16)15-12/h3-5,8-9,14H,6-7H2,1-2H3,(H,17,18). The third kappa shape index (κ3) is 2.98. The molecule has 2 N–H and O–H groups in total. The van der Waals surface area contributed by atoms with Gasteiger partial charge < -0.3 is 10.4 Å². The molecule has 0 spiro atoms. The fourth-order valence-corrected chi connectivity index (χ4v) is 2.33. The average Bonchev–Trinajstić information content (AvgIpc) is 2.76. The Labute approximate surface area is 119 Å². The van der Waals surface area contributed by atoms with Gasteiger partial charge in [0.15, 0.2) is 11.5 Å². The topological polar surface area (TPSA) is 83.7 Å². The molecular formula is C13H17N3O3S. The molecule has 0 aliphatic carbocycles. The number of pyridine rings is 1. The van der Waals surface area contributed by atoms with Crippen LogP contribution in [0.1, 0.15) is 23.8 Å². The minimum atomic E-state index is -1.03. The molecule has 2 rings (SSSR count). The molecule has 20 heavy (non-hydrogen) atoms. The van der Waals surface area contributed by atoms with Crippen LogP contribution in [0.4, 0.5) is 5.82 Å². The van der Waals surface area contributed by atoms with Crippen molar-refractivity contribution >= 4 is 28.2 Å². The van der Waals surface area contributed by atoms with Gasteiger partial charge in [-0.1, -0.05) is 13.0 Å². The van der Waals surface area contributed by atoms with Crippen LogP contribution in [0.25, 0.3) is 5.65 Å². The maximum absolute atomic E-state index is 11.4. The van der Waals surface area contributed by atoms with Gasteiger partial charge in [-0.25, -0.2) is 9.78 Å². The van der Waals surface area contributed by atoms with Crippen molar-refractivity contribution in [2.24, 2.45) is 0 Å². The lowest BCUT2D eigenvalue weighted by Gasteiger charge is -2.09. The zero-order valence-electron chi connectivity index (χ0n) is 11.4. The molecule has 0 saturated carbocycles. The third-order valence-electron chi connectivity index (χ3n) is 3.14. The predicted octanol–water partition coefficient (Wildman–Crippen LogP) is 1.60. The first-order valence-electron chi connectivity index (χ1n) is 6.27. The predicted molar refractivity (Wildman–Crippen MR) is 78.8 cm³/mol. The minimum absolute atomic E-state index is 0.0628.